The second-order valence-electron chi connectivity index (χ2n) is 2.31. The van der Waals surface area contributed by atoms with Crippen molar-refractivity contribution < 1.29 is 9.90 Å². The SMILES string of the molecule is CC(=O)c1cc(=O)c(CO)n[nH]1. The lowest BCUT2D eigenvalue weighted by molar-refractivity contribution is 0.101. The molecule has 0 atom stereocenters. The summed E-state index contributed by atoms with van der Waals surface area (Å²) >= 11 is 0. The van der Waals surface area contributed by atoms with Crippen LogP contribution in [-0.2, 0) is 6.61 Å². The zero-order chi connectivity index (χ0) is 9.14. The zero-order valence-corrected chi connectivity index (χ0v) is 6.50. The van der Waals surface area contributed by atoms with Gasteiger partial charge in [0.15, 0.2) is 5.78 Å². The summed E-state index contributed by atoms with van der Waals surface area (Å²) in [7, 11) is 0. The van der Waals surface area contributed by atoms with E-state index < -0.39 is 12.0 Å². The first-order valence-corrected chi connectivity index (χ1v) is 3.35. The molecule has 0 bridgehead atoms. The Morgan fingerprint density at radius 3 is 2.83 bits per heavy atom. The summed E-state index contributed by atoms with van der Waals surface area (Å²) in [6.07, 6.45) is 0. The largest absolute Gasteiger partial charge is 0.390 e. The summed E-state index contributed by atoms with van der Waals surface area (Å²) < 4.78 is 0. The molecule has 5 heteroatoms. The van der Waals surface area contributed by atoms with Gasteiger partial charge in [0.1, 0.15) is 11.4 Å². The van der Waals surface area contributed by atoms with Gasteiger partial charge >= 0.3 is 0 Å². The summed E-state index contributed by atoms with van der Waals surface area (Å²) in [5, 5.41) is 14.5. The van der Waals surface area contributed by atoms with Gasteiger partial charge in [-0.2, -0.15) is 5.10 Å². The second kappa shape index (κ2) is 3.27. The number of hydrogen-bond acceptors (Lipinski definition) is 4. The number of hydrogen-bond donors (Lipinski definition) is 2. The van der Waals surface area contributed by atoms with Crippen LogP contribution in [0.5, 0.6) is 0 Å². The minimum atomic E-state index is -0.429. The smallest absolute Gasteiger partial charge is 0.206 e. The fourth-order valence-corrected chi connectivity index (χ4v) is 0.723. The van der Waals surface area contributed by atoms with Gasteiger partial charge in [0.05, 0.1) is 6.61 Å². The predicted octanol–water partition coefficient (Wildman–Crippen LogP) is -0.535. The number of nitrogens with one attached hydrogen (secondary N) is 1. The molecular weight excluding hydrogens is 160 g/mol. The highest BCUT2D eigenvalue weighted by molar-refractivity contribution is 5.91. The first kappa shape index (κ1) is 8.61. The third kappa shape index (κ3) is 1.57. The third-order valence-corrected chi connectivity index (χ3v) is 1.40. The van der Waals surface area contributed by atoms with Crippen LogP contribution in [0.15, 0.2) is 10.9 Å². The number of carbonyl (C=O) groups excluding carboxylic acids is 1. The summed E-state index contributed by atoms with van der Waals surface area (Å²) in [5.41, 5.74) is -0.265. The summed E-state index contributed by atoms with van der Waals surface area (Å²) in [6, 6.07) is 1.13. The fourth-order valence-electron chi connectivity index (χ4n) is 0.723. The molecule has 0 aliphatic heterocycles. The molecule has 0 spiro atoms. The average molecular weight is 168 g/mol. The van der Waals surface area contributed by atoms with Crippen molar-refractivity contribution in [1.29, 1.82) is 0 Å². The van der Waals surface area contributed by atoms with Gasteiger partial charge in [-0.25, -0.2) is 0 Å². The van der Waals surface area contributed by atoms with Crippen molar-refractivity contribution in [2.75, 3.05) is 0 Å². The minimum Gasteiger partial charge on any atom is -0.390 e. The lowest BCUT2D eigenvalue weighted by atomic mass is 10.3. The van der Waals surface area contributed by atoms with Crippen LogP contribution in [0.4, 0.5) is 0 Å². The Labute approximate surface area is 68.1 Å². The highest BCUT2D eigenvalue weighted by Crippen LogP contribution is 1.90. The number of aliphatic hydroxyl groups excluding tert-OH is 1. The second-order valence-corrected chi connectivity index (χ2v) is 2.31. The van der Waals surface area contributed by atoms with E-state index in [-0.39, 0.29) is 17.2 Å². The Morgan fingerprint density at radius 1 is 1.75 bits per heavy atom. The molecule has 1 aromatic rings. The molecule has 64 valence electrons. The zero-order valence-electron chi connectivity index (χ0n) is 6.50. The molecule has 0 unspecified atom stereocenters. The molecule has 2 N–H and O–H groups in total. The van der Waals surface area contributed by atoms with E-state index in [9.17, 15) is 9.59 Å². The highest BCUT2D eigenvalue weighted by Gasteiger charge is 2.04. The number of aromatic amines is 1. The topological polar surface area (TPSA) is 83.1 Å². The Morgan fingerprint density at radius 2 is 2.42 bits per heavy atom. The van der Waals surface area contributed by atoms with Crippen LogP contribution in [0.1, 0.15) is 23.1 Å². The molecule has 0 amide bonds. The molecule has 1 aromatic heterocycles. The van der Waals surface area contributed by atoms with Gasteiger partial charge in [-0.15, -0.1) is 0 Å². The number of ketones is 1. The van der Waals surface area contributed by atoms with Gasteiger partial charge in [0.25, 0.3) is 0 Å². The molecule has 0 radical (unpaired) electrons. The molecule has 0 saturated carbocycles. The van der Waals surface area contributed by atoms with Crippen molar-refractivity contribution in [3.05, 3.63) is 27.7 Å². The Balaban J connectivity index is 3.19. The quantitative estimate of drug-likeness (QED) is 0.581. The Bertz CT molecular complexity index is 356. The van der Waals surface area contributed by atoms with Crippen LogP contribution in [0.2, 0.25) is 0 Å². The van der Waals surface area contributed by atoms with Gasteiger partial charge in [-0.05, 0) is 0 Å². The van der Waals surface area contributed by atoms with Crippen LogP contribution in [0.25, 0.3) is 0 Å². The Hall–Kier alpha value is -1.49. The van der Waals surface area contributed by atoms with Crippen LogP contribution in [0.3, 0.4) is 0 Å². The van der Waals surface area contributed by atoms with Crippen LogP contribution < -0.4 is 5.43 Å². The lowest BCUT2D eigenvalue weighted by Gasteiger charge is -1.95. The molecule has 1 heterocycles. The number of aromatic nitrogens is 2. The van der Waals surface area contributed by atoms with Gasteiger partial charge in [0.2, 0.25) is 5.43 Å². The molecule has 0 aliphatic carbocycles. The predicted molar refractivity (Wildman–Crippen MR) is 40.8 cm³/mol. The van der Waals surface area contributed by atoms with E-state index in [1.165, 1.54) is 6.92 Å². The van der Waals surface area contributed by atoms with Crippen molar-refractivity contribution in [2.45, 2.75) is 13.5 Å². The van der Waals surface area contributed by atoms with Gasteiger partial charge < -0.3 is 5.11 Å². The highest BCUT2D eigenvalue weighted by atomic mass is 16.3. The summed E-state index contributed by atoms with van der Waals surface area (Å²) in [5.74, 6) is -0.260. The third-order valence-electron chi connectivity index (χ3n) is 1.40. The maximum absolute atomic E-state index is 11.0. The fraction of sp³-hybridized carbons (Fsp3) is 0.286. The van der Waals surface area contributed by atoms with Crippen LogP contribution in [0, 0.1) is 0 Å². The van der Waals surface area contributed by atoms with E-state index in [0.29, 0.717) is 0 Å². The number of nitrogens with zero attached hydrogens (tertiary/aromatic N) is 1. The van der Waals surface area contributed by atoms with E-state index >= 15 is 0 Å². The number of rotatable bonds is 2. The lowest BCUT2D eigenvalue weighted by Crippen LogP contribution is -2.15. The molecule has 0 aromatic carbocycles. The summed E-state index contributed by atoms with van der Waals surface area (Å²) in [4.78, 5) is 21.7. The number of H-pyrrole nitrogens is 1. The van der Waals surface area contributed by atoms with Crippen LogP contribution in [-0.4, -0.2) is 21.1 Å². The average Bonchev–Trinajstić information content (AvgIpc) is 2.04. The minimum absolute atomic E-state index is 0.0139. The molecule has 0 saturated heterocycles. The van der Waals surface area contributed by atoms with Gasteiger partial charge in [-0.1, -0.05) is 0 Å². The van der Waals surface area contributed by atoms with Crippen LogP contribution >= 0.6 is 0 Å². The number of aliphatic hydroxyl groups is 1. The van der Waals surface area contributed by atoms with Crippen molar-refractivity contribution in [2.24, 2.45) is 0 Å². The molecule has 12 heavy (non-hydrogen) atoms. The van der Waals surface area contributed by atoms with Crippen molar-refractivity contribution in [1.82, 2.24) is 10.2 Å². The first-order valence-electron chi connectivity index (χ1n) is 3.35. The number of carbonyl (C=O) groups is 1. The first-order chi connectivity index (χ1) is 5.65. The standard InChI is InChI=1S/C7H8N2O3/c1-4(11)5-2-7(12)6(3-10)9-8-5/h2,10H,3H2,1H3,(H,8,12). The van der Waals surface area contributed by atoms with Crippen molar-refractivity contribution in [3.63, 3.8) is 0 Å². The van der Waals surface area contributed by atoms with Crippen molar-refractivity contribution in [3.8, 4) is 0 Å². The molecule has 0 aliphatic rings. The van der Waals surface area contributed by atoms with E-state index in [2.05, 4.69) is 10.2 Å². The number of Topliss-reactive ketones (excluding diaryl/α,β-unsaturated/α-hetero) is 1. The summed E-state index contributed by atoms with van der Waals surface area (Å²) in [6.45, 7) is 0.902. The maximum atomic E-state index is 11.0. The molecule has 5 nitrogen and oxygen atoms in total. The van der Waals surface area contributed by atoms with E-state index in [4.69, 9.17) is 5.11 Å². The van der Waals surface area contributed by atoms with Crippen molar-refractivity contribution >= 4 is 5.78 Å². The molecule has 1 rings (SSSR count). The monoisotopic (exact) mass is 168 g/mol. The molecular formula is C7H8N2O3. The Kier molecular flexibility index (Phi) is 2.35. The normalized spacial score (nSPS) is 9.83. The van der Waals surface area contributed by atoms with Gasteiger partial charge in [0, 0.05) is 13.0 Å². The maximum Gasteiger partial charge on any atom is 0.206 e. The molecule has 0 fully saturated rings. The van der Waals surface area contributed by atoms with Gasteiger partial charge in [-0.3, -0.25) is 14.7 Å². The van der Waals surface area contributed by atoms with E-state index in [1.807, 2.05) is 0 Å². The van der Waals surface area contributed by atoms with E-state index in [0.717, 1.165) is 6.07 Å². The van der Waals surface area contributed by atoms with E-state index in [1.54, 1.807) is 0 Å².